The molecule has 1 amide bonds. The van der Waals surface area contributed by atoms with Crippen molar-refractivity contribution in [3.8, 4) is 23.3 Å². The number of carbonyl (C=O) groups excluding carboxylic acids is 1. The van der Waals surface area contributed by atoms with Crippen LogP contribution < -0.4 is 14.2 Å². The summed E-state index contributed by atoms with van der Waals surface area (Å²) in [7, 11) is -1.93. The van der Waals surface area contributed by atoms with E-state index in [1.54, 1.807) is 13.0 Å². The molecule has 3 atom stereocenters. The van der Waals surface area contributed by atoms with Gasteiger partial charge in [0, 0.05) is 24.9 Å². The molecule has 38 heavy (non-hydrogen) atoms. The van der Waals surface area contributed by atoms with Crippen LogP contribution >= 0.6 is 0 Å². The van der Waals surface area contributed by atoms with Crippen molar-refractivity contribution >= 4 is 15.9 Å². The number of fused-ring (bicyclic) bond motifs is 2. The van der Waals surface area contributed by atoms with Gasteiger partial charge in [-0.25, -0.2) is 18.2 Å². The summed E-state index contributed by atoms with van der Waals surface area (Å²) in [5, 5.41) is -0.287. The summed E-state index contributed by atoms with van der Waals surface area (Å²) in [6.07, 6.45) is 5.32. The van der Waals surface area contributed by atoms with Gasteiger partial charge >= 0.3 is 6.09 Å². The Labute approximate surface area is 222 Å². The maximum atomic E-state index is 12.8. The third-order valence-electron chi connectivity index (χ3n) is 6.99. The van der Waals surface area contributed by atoms with E-state index in [0.717, 1.165) is 12.8 Å². The number of aromatic nitrogens is 3. The average molecular weight is 547 g/mol. The number of amides is 1. The molecule has 0 N–H and O–H groups in total. The number of hydrogen-bond acceptors (Lipinski definition) is 10. The molecule has 11 nitrogen and oxygen atoms in total. The molecule has 2 aromatic rings. The molecule has 1 saturated carbocycles. The maximum absolute atomic E-state index is 12.8. The normalized spacial score (nSPS) is 23.2. The Bertz CT molecular complexity index is 1310. The monoisotopic (exact) mass is 546 g/mol. The number of ether oxygens (including phenoxy) is 4. The van der Waals surface area contributed by atoms with Crippen molar-refractivity contribution in [1.82, 2.24) is 19.9 Å². The summed E-state index contributed by atoms with van der Waals surface area (Å²) in [6.45, 7) is 7.28. The van der Waals surface area contributed by atoms with Crippen LogP contribution in [0.15, 0.2) is 23.5 Å². The van der Waals surface area contributed by atoms with E-state index in [4.69, 9.17) is 18.9 Å². The standard InChI is InChI=1S/C26H34N4O7S/c1-15-20(10-11-21(29-15)38(32,33)19-8-9-19)36-24-22(34-5)23(27-14-28-24)35-18-12-16-6-7-17(13-18)30(16)25(31)37-26(2,3)4/h10-11,14,16-19H,6-9,12-13H2,1-5H3/t16-,17?,18+/m0/s1. The molecule has 0 radical (unpaired) electrons. The van der Waals surface area contributed by atoms with E-state index in [0.29, 0.717) is 37.1 Å². The smallest absolute Gasteiger partial charge is 0.410 e. The van der Waals surface area contributed by atoms with Crippen molar-refractivity contribution in [2.24, 2.45) is 0 Å². The van der Waals surface area contributed by atoms with Crippen molar-refractivity contribution in [3.05, 3.63) is 24.2 Å². The molecule has 2 aromatic heterocycles. The van der Waals surface area contributed by atoms with Crippen LogP contribution in [0.1, 0.15) is 65.0 Å². The number of nitrogens with zero attached hydrogens (tertiary/aromatic N) is 4. The summed E-state index contributed by atoms with van der Waals surface area (Å²) < 4.78 is 48.5. The van der Waals surface area contributed by atoms with Crippen LogP contribution in [0.2, 0.25) is 0 Å². The van der Waals surface area contributed by atoms with Crippen molar-refractivity contribution < 1.29 is 32.2 Å². The van der Waals surface area contributed by atoms with Gasteiger partial charge in [-0.3, -0.25) is 0 Å². The Morgan fingerprint density at radius 2 is 1.68 bits per heavy atom. The van der Waals surface area contributed by atoms with Gasteiger partial charge in [0.25, 0.3) is 11.8 Å². The fourth-order valence-electron chi connectivity index (χ4n) is 5.11. The highest BCUT2D eigenvalue weighted by Gasteiger charge is 2.46. The third kappa shape index (κ3) is 5.36. The van der Waals surface area contributed by atoms with Crippen LogP contribution in [-0.4, -0.2) is 70.5 Å². The number of rotatable bonds is 7. The van der Waals surface area contributed by atoms with E-state index in [2.05, 4.69) is 15.0 Å². The second kappa shape index (κ2) is 9.87. The Balaban J connectivity index is 1.30. The number of hydrogen-bond donors (Lipinski definition) is 0. The van der Waals surface area contributed by atoms with Crippen molar-refractivity contribution in [1.29, 1.82) is 0 Å². The maximum Gasteiger partial charge on any atom is 0.410 e. The lowest BCUT2D eigenvalue weighted by molar-refractivity contribution is -0.00797. The molecule has 12 heteroatoms. The van der Waals surface area contributed by atoms with Gasteiger partial charge in [0.05, 0.1) is 18.1 Å². The molecule has 0 aromatic carbocycles. The second-order valence-corrected chi connectivity index (χ2v) is 13.3. The molecule has 1 unspecified atom stereocenters. The second-order valence-electron chi connectivity index (χ2n) is 11.1. The van der Waals surface area contributed by atoms with Crippen molar-refractivity contribution in [3.63, 3.8) is 0 Å². The van der Waals surface area contributed by atoms with Crippen molar-refractivity contribution in [2.45, 2.75) is 100 Å². The highest BCUT2D eigenvalue weighted by molar-refractivity contribution is 7.92. The highest BCUT2D eigenvalue weighted by Crippen LogP contribution is 2.42. The number of sulfone groups is 1. The summed E-state index contributed by atoms with van der Waals surface area (Å²) in [5.74, 6) is 0.954. The molecular formula is C26H34N4O7S. The zero-order valence-electron chi connectivity index (χ0n) is 22.3. The first kappa shape index (κ1) is 26.5. The average Bonchev–Trinajstić information content (AvgIpc) is 3.65. The van der Waals surface area contributed by atoms with Gasteiger partial charge in [-0.15, -0.1) is 0 Å². The summed E-state index contributed by atoms with van der Waals surface area (Å²) in [6, 6.07) is 3.10. The lowest BCUT2D eigenvalue weighted by Crippen LogP contribution is -2.50. The molecular weight excluding hydrogens is 512 g/mol. The molecule has 3 fully saturated rings. The number of methoxy groups -OCH3 is 1. The Morgan fingerprint density at radius 3 is 2.26 bits per heavy atom. The lowest BCUT2D eigenvalue weighted by Gasteiger charge is -2.39. The molecule has 1 aliphatic carbocycles. The van der Waals surface area contributed by atoms with E-state index in [-0.39, 0.29) is 52.1 Å². The van der Waals surface area contributed by atoms with Gasteiger partial charge in [0.15, 0.2) is 20.6 Å². The zero-order valence-corrected chi connectivity index (χ0v) is 23.2. The summed E-state index contributed by atoms with van der Waals surface area (Å²) in [4.78, 5) is 27.4. The molecule has 4 heterocycles. The Morgan fingerprint density at radius 1 is 1.03 bits per heavy atom. The quantitative estimate of drug-likeness (QED) is 0.497. The van der Waals surface area contributed by atoms with Gasteiger partial charge in [0.1, 0.15) is 18.0 Å². The number of aryl methyl sites for hydroxylation is 1. The van der Waals surface area contributed by atoms with Crippen molar-refractivity contribution in [2.75, 3.05) is 7.11 Å². The zero-order chi connectivity index (χ0) is 27.2. The minimum Gasteiger partial charge on any atom is -0.487 e. The predicted molar refractivity (Wildman–Crippen MR) is 136 cm³/mol. The molecule has 2 bridgehead atoms. The first-order chi connectivity index (χ1) is 18.0. The molecule has 3 aliphatic rings. The van der Waals surface area contributed by atoms with Gasteiger partial charge in [-0.1, -0.05) is 0 Å². The molecule has 2 saturated heterocycles. The topological polar surface area (TPSA) is 130 Å². The van der Waals surface area contributed by atoms with Gasteiger partial charge in [0.2, 0.25) is 5.75 Å². The van der Waals surface area contributed by atoms with Crippen LogP contribution in [0.25, 0.3) is 0 Å². The molecule has 5 rings (SSSR count). The first-order valence-corrected chi connectivity index (χ1v) is 14.5. The third-order valence-corrected chi connectivity index (χ3v) is 9.15. The van der Waals surface area contributed by atoms with Crippen LogP contribution in [-0.2, 0) is 14.6 Å². The number of carbonyl (C=O) groups is 1. The SMILES string of the molecule is COc1c(Oc2ccc(S(=O)(=O)C3CC3)nc2C)ncnc1O[C@H]1CC2CC[C@@H](C1)N2C(=O)OC(C)(C)C. The fourth-order valence-corrected chi connectivity index (χ4v) is 6.73. The number of piperidine rings is 1. The van der Waals surface area contributed by atoms with E-state index < -0.39 is 15.4 Å². The van der Waals surface area contributed by atoms with Gasteiger partial charge in [-0.05, 0) is 65.5 Å². The fraction of sp³-hybridized carbons (Fsp3) is 0.615. The van der Waals surface area contributed by atoms with Crippen LogP contribution in [0.3, 0.4) is 0 Å². The number of pyridine rings is 1. The van der Waals surface area contributed by atoms with Crippen LogP contribution in [0.5, 0.6) is 23.3 Å². The minimum atomic E-state index is -3.41. The minimum absolute atomic E-state index is 0.0382. The first-order valence-electron chi connectivity index (χ1n) is 12.9. The van der Waals surface area contributed by atoms with Gasteiger partial charge < -0.3 is 23.8 Å². The lowest BCUT2D eigenvalue weighted by atomic mass is 10.0. The van der Waals surface area contributed by atoms with Crippen LogP contribution in [0.4, 0.5) is 4.79 Å². The largest absolute Gasteiger partial charge is 0.487 e. The Kier molecular flexibility index (Phi) is 6.87. The molecule has 0 spiro atoms. The Hall–Kier alpha value is -3.15. The van der Waals surface area contributed by atoms with E-state index >= 15 is 0 Å². The molecule has 206 valence electrons. The van der Waals surface area contributed by atoms with E-state index in [1.807, 2.05) is 25.7 Å². The summed E-state index contributed by atoms with van der Waals surface area (Å²) >= 11 is 0. The van der Waals surface area contributed by atoms with E-state index in [1.165, 1.54) is 19.5 Å². The highest BCUT2D eigenvalue weighted by atomic mass is 32.2. The van der Waals surface area contributed by atoms with Crippen LogP contribution in [0, 0.1) is 6.92 Å². The summed E-state index contributed by atoms with van der Waals surface area (Å²) in [5.41, 5.74) is -0.130. The predicted octanol–water partition coefficient (Wildman–Crippen LogP) is 4.23. The van der Waals surface area contributed by atoms with E-state index in [9.17, 15) is 13.2 Å². The molecule has 2 aliphatic heterocycles. The van der Waals surface area contributed by atoms with Gasteiger partial charge in [-0.2, -0.15) is 9.97 Å².